The third-order valence-corrected chi connectivity index (χ3v) is 4.19. The number of hydrogen-bond acceptors (Lipinski definition) is 5. The standard InChI is InChI=1S/C12H18O3.C9H10O.C5H8O2/c1-4-14-12(15-5-2)10-6-8-11(13-3)9-7-10;10-8-4-7-9-5-2-1-3-6-9;1-3-4(2)5(6)7/h6-9,12H,4-5H2,1-3H3;1-3,5-6,8H,4,7H2;3H,1-2H3,(H,6,7)/b;;4-3-. The number of ether oxygens (including phenoxy) is 3. The van der Waals surface area contributed by atoms with Gasteiger partial charge in [-0.05, 0) is 51.8 Å². The zero-order chi connectivity index (χ0) is 24.2. The molecule has 0 spiro atoms. The van der Waals surface area contributed by atoms with Gasteiger partial charge >= 0.3 is 5.97 Å². The first kappa shape index (κ1) is 29.0. The summed E-state index contributed by atoms with van der Waals surface area (Å²) in [5.74, 6) is -0.00648. The van der Waals surface area contributed by atoms with Crippen LogP contribution >= 0.6 is 0 Å². The van der Waals surface area contributed by atoms with E-state index in [1.54, 1.807) is 27.0 Å². The third kappa shape index (κ3) is 13.4. The Bertz CT molecular complexity index is 763. The summed E-state index contributed by atoms with van der Waals surface area (Å²) in [6.45, 7) is 8.43. The normalized spacial score (nSPS) is 10.4. The second-order valence-electron chi connectivity index (χ2n) is 6.48. The topological polar surface area (TPSA) is 82.1 Å². The number of carbonyl (C=O) groups is 2. The summed E-state index contributed by atoms with van der Waals surface area (Å²) in [5, 5.41) is 8.11. The molecule has 0 saturated carbocycles. The monoisotopic (exact) mass is 444 g/mol. The maximum absolute atomic E-state index is 9.98. The minimum absolute atomic E-state index is 0.272. The number of aldehydes is 1. The van der Waals surface area contributed by atoms with Crippen LogP contribution < -0.4 is 4.74 Å². The first-order valence-corrected chi connectivity index (χ1v) is 10.6. The van der Waals surface area contributed by atoms with Crippen molar-refractivity contribution in [1.82, 2.24) is 0 Å². The SMILES string of the molecule is C/C=C(/C)C(=O)O.CCOC(OCC)c1ccc(OC)cc1.O=CCCc1ccccc1. The van der Waals surface area contributed by atoms with Crippen molar-refractivity contribution in [1.29, 1.82) is 0 Å². The van der Waals surface area contributed by atoms with E-state index in [2.05, 4.69) is 0 Å². The van der Waals surface area contributed by atoms with Gasteiger partial charge in [-0.2, -0.15) is 0 Å². The van der Waals surface area contributed by atoms with Gasteiger partial charge in [0.2, 0.25) is 0 Å². The predicted octanol–water partition coefficient (Wildman–Crippen LogP) is 5.62. The second-order valence-corrected chi connectivity index (χ2v) is 6.48. The maximum Gasteiger partial charge on any atom is 0.330 e. The smallest absolute Gasteiger partial charge is 0.330 e. The Hall–Kier alpha value is -2.96. The fourth-order valence-electron chi connectivity index (χ4n) is 2.30. The summed E-state index contributed by atoms with van der Waals surface area (Å²) in [4.78, 5) is 19.8. The van der Waals surface area contributed by atoms with Crippen LogP contribution in [0.5, 0.6) is 5.75 Å². The number of rotatable bonds is 10. The van der Waals surface area contributed by atoms with Crippen LogP contribution in [-0.2, 0) is 25.5 Å². The van der Waals surface area contributed by atoms with E-state index in [0.29, 0.717) is 25.2 Å². The van der Waals surface area contributed by atoms with Crippen molar-refractivity contribution in [3.05, 3.63) is 77.4 Å². The number of hydrogen-bond donors (Lipinski definition) is 1. The summed E-state index contributed by atoms with van der Waals surface area (Å²) in [5.41, 5.74) is 2.63. The van der Waals surface area contributed by atoms with E-state index in [0.717, 1.165) is 24.0 Å². The van der Waals surface area contributed by atoms with E-state index < -0.39 is 5.97 Å². The molecule has 0 atom stereocenters. The molecule has 2 rings (SSSR count). The number of carboxylic acids is 1. The number of methoxy groups -OCH3 is 1. The molecule has 0 bridgehead atoms. The molecule has 0 aliphatic carbocycles. The number of aryl methyl sites for hydroxylation is 1. The quantitative estimate of drug-likeness (QED) is 0.291. The highest BCUT2D eigenvalue weighted by Crippen LogP contribution is 2.21. The molecule has 0 aliphatic heterocycles. The van der Waals surface area contributed by atoms with Gasteiger partial charge in [-0.15, -0.1) is 0 Å². The fraction of sp³-hybridized carbons (Fsp3) is 0.385. The molecule has 0 aromatic heterocycles. The summed E-state index contributed by atoms with van der Waals surface area (Å²) >= 11 is 0. The van der Waals surface area contributed by atoms with Crippen LogP contribution in [0.1, 0.15) is 51.5 Å². The second kappa shape index (κ2) is 18.8. The van der Waals surface area contributed by atoms with Crippen molar-refractivity contribution in [2.75, 3.05) is 20.3 Å². The van der Waals surface area contributed by atoms with Gasteiger partial charge in [0.05, 0.1) is 7.11 Å². The predicted molar refractivity (Wildman–Crippen MR) is 127 cm³/mol. The molecule has 176 valence electrons. The van der Waals surface area contributed by atoms with Gasteiger partial charge in [0.1, 0.15) is 12.0 Å². The van der Waals surface area contributed by atoms with Gasteiger partial charge in [-0.1, -0.05) is 48.5 Å². The van der Waals surface area contributed by atoms with Crippen LogP contribution in [0.2, 0.25) is 0 Å². The number of benzene rings is 2. The Labute approximate surface area is 191 Å². The van der Waals surface area contributed by atoms with E-state index in [1.165, 1.54) is 5.56 Å². The first-order chi connectivity index (χ1) is 15.4. The van der Waals surface area contributed by atoms with Crippen LogP contribution in [0.15, 0.2) is 66.2 Å². The Balaban J connectivity index is 0.000000489. The molecule has 0 radical (unpaired) electrons. The number of carbonyl (C=O) groups excluding carboxylic acids is 1. The van der Waals surface area contributed by atoms with Crippen LogP contribution in [0.4, 0.5) is 0 Å². The van der Waals surface area contributed by atoms with Gasteiger partial charge in [-0.3, -0.25) is 0 Å². The zero-order valence-electron chi connectivity index (χ0n) is 19.7. The van der Waals surface area contributed by atoms with E-state index in [1.807, 2.05) is 68.4 Å². The highest BCUT2D eigenvalue weighted by atomic mass is 16.7. The highest BCUT2D eigenvalue weighted by Gasteiger charge is 2.10. The molecule has 2 aromatic rings. The minimum atomic E-state index is -0.845. The van der Waals surface area contributed by atoms with E-state index in [9.17, 15) is 9.59 Å². The van der Waals surface area contributed by atoms with Crippen molar-refractivity contribution in [2.45, 2.75) is 46.8 Å². The minimum Gasteiger partial charge on any atom is -0.497 e. The lowest BCUT2D eigenvalue weighted by Gasteiger charge is -2.17. The van der Waals surface area contributed by atoms with Crippen LogP contribution in [0, 0.1) is 0 Å². The lowest BCUT2D eigenvalue weighted by atomic mass is 10.1. The zero-order valence-corrected chi connectivity index (χ0v) is 19.7. The Morgan fingerprint density at radius 3 is 1.94 bits per heavy atom. The molecule has 0 saturated heterocycles. The molecule has 1 N–H and O–H groups in total. The van der Waals surface area contributed by atoms with Crippen LogP contribution in [0.3, 0.4) is 0 Å². The molecule has 2 aromatic carbocycles. The van der Waals surface area contributed by atoms with Gasteiger partial charge in [0.25, 0.3) is 0 Å². The largest absolute Gasteiger partial charge is 0.497 e. The maximum atomic E-state index is 9.98. The Kier molecular flexibility index (Phi) is 17.0. The van der Waals surface area contributed by atoms with Crippen molar-refractivity contribution < 1.29 is 28.9 Å². The van der Waals surface area contributed by atoms with Crippen LogP contribution in [0.25, 0.3) is 0 Å². The average molecular weight is 445 g/mol. The average Bonchev–Trinajstić information content (AvgIpc) is 2.83. The molecular formula is C26H36O6. The van der Waals surface area contributed by atoms with Gasteiger partial charge < -0.3 is 24.1 Å². The summed E-state index contributed by atoms with van der Waals surface area (Å²) in [6.07, 6.45) is 3.73. The Morgan fingerprint density at radius 2 is 1.56 bits per heavy atom. The molecule has 6 heteroatoms. The van der Waals surface area contributed by atoms with Crippen molar-refractivity contribution in [2.24, 2.45) is 0 Å². The fourth-order valence-corrected chi connectivity index (χ4v) is 2.30. The number of allylic oxidation sites excluding steroid dienone is 1. The molecule has 0 heterocycles. The summed E-state index contributed by atoms with van der Waals surface area (Å²) in [6, 6.07) is 17.7. The number of aliphatic carboxylic acids is 1. The van der Waals surface area contributed by atoms with Crippen molar-refractivity contribution >= 4 is 12.3 Å². The molecule has 0 amide bonds. The van der Waals surface area contributed by atoms with Gasteiger partial charge in [-0.25, -0.2) is 4.79 Å². The molecule has 32 heavy (non-hydrogen) atoms. The third-order valence-electron chi connectivity index (χ3n) is 4.19. The Morgan fingerprint density at radius 1 is 1.00 bits per heavy atom. The van der Waals surface area contributed by atoms with Gasteiger partial charge in [0, 0.05) is 30.8 Å². The number of carboxylic acid groups (broad SMARTS) is 1. The molecule has 0 fully saturated rings. The van der Waals surface area contributed by atoms with Crippen LogP contribution in [-0.4, -0.2) is 37.7 Å². The van der Waals surface area contributed by atoms with Crippen molar-refractivity contribution in [3.8, 4) is 5.75 Å². The molecular weight excluding hydrogens is 408 g/mol. The summed E-state index contributed by atoms with van der Waals surface area (Å²) in [7, 11) is 1.65. The first-order valence-electron chi connectivity index (χ1n) is 10.6. The van der Waals surface area contributed by atoms with E-state index in [-0.39, 0.29) is 6.29 Å². The lowest BCUT2D eigenvalue weighted by molar-refractivity contribution is -0.140. The van der Waals surface area contributed by atoms with E-state index >= 15 is 0 Å². The summed E-state index contributed by atoms with van der Waals surface area (Å²) < 4.78 is 16.0. The van der Waals surface area contributed by atoms with Crippen molar-refractivity contribution in [3.63, 3.8) is 0 Å². The van der Waals surface area contributed by atoms with Gasteiger partial charge in [0.15, 0.2) is 6.29 Å². The van der Waals surface area contributed by atoms with E-state index in [4.69, 9.17) is 19.3 Å². The molecule has 0 aliphatic rings. The molecule has 6 nitrogen and oxygen atoms in total. The molecule has 0 unspecified atom stereocenters. The lowest BCUT2D eigenvalue weighted by Crippen LogP contribution is -2.08. The highest BCUT2D eigenvalue weighted by molar-refractivity contribution is 5.85.